The van der Waals surface area contributed by atoms with Crippen LogP contribution in [-0.2, 0) is 0 Å². The van der Waals surface area contributed by atoms with E-state index in [1.54, 1.807) is 5.56 Å². The Morgan fingerprint density at radius 2 is 1.86 bits per heavy atom. The zero-order valence-electron chi connectivity index (χ0n) is 18.0. The Kier molecular flexibility index (Phi) is 7.31. The van der Waals surface area contributed by atoms with Gasteiger partial charge in [-0.25, -0.2) is 0 Å². The minimum Gasteiger partial charge on any atom is -0.375 e. The molecule has 0 aromatic heterocycles. The Morgan fingerprint density at radius 1 is 0.964 bits per heavy atom. The number of rotatable bonds is 8. The topological polar surface area (TPSA) is 18.5 Å². The van der Waals surface area contributed by atoms with Crippen molar-refractivity contribution in [3.05, 3.63) is 29.8 Å². The average Bonchev–Trinajstić information content (AvgIpc) is 3.18. The number of anilines is 1. The van der Waals surface area contributed by atoms with E-state index in [4.69, 9.17) is 0 Å². The van der Waals surface area contributed by atoms with Gasteiger partial charge in [0.2, 0.25) is 0 Å². The third-order valence-corrected chi connectivity index (χ3v) is 7.57. The van der Waals surface area contributed by atoms with E-state index in [2.05, 4.69) is 46.4 Å². The molecule has 4 rings (SSSR count). The Hall–Kier alpha value is -1.06. The monoisotopic (exact) mass is 383 g/mol. The van der Waals surface area contributed by atoms with Crippen LogP contribution in [0.3, 0.4) is 0 Å². The van der Waals surface area contributed by atoms with Gasteiger partial charge in [-0.2, -0.15) is 0 Å². The van der Waals surface area contributed by atoms with Crippen LogP contribution in [0.25, 0.3) is 0 Å². The summed E-state index contributed by atoms with van der Waals surface area (Å²) in [6.07, 6.45) is 15.4. The van der Waals surface area contributed by atoms with Crippen molar-refractivity contribution in [2.75, 3.05) is 38.1 Å². The first-order chi connectivity index (χ1) is 13.8. The predicted octanol–water partition coefficient (Wildman–Crippen LogP) is 5.37. The second-order valence-corrected chi connectivity index (χ2v) is 9.56. The number of benzene rings is 1. The molecule has 3 atom stereocenters. The van der Waals surface area contributed by atoms with Crippen LogP contribution in [0.4, 0.5) is 5.69 Å². The Balaban J connectivity index is 1.19. The number of hydrogen-bond donors (Lipinski definition) is 1. The quantitative estimate of drug-likeness (QED) is 0.609. The first-order valence-electron chi connectivity index (χ1n) is 12.1. The molecule has 3 heteroatoms. The molecule has 3 nitrogen and oxygen atoms in total. The van der Waals surface area contributed by atoms with Gasteiger partial charge in [-0.3, -0.25) is 4.90 Å². The summed E-state index contributed by atoms with van der Waals surface area (Å²) in [5.74, 6) is 0.939. The van der Waals surface area contributed by atoms with E-state index in [9.17, 15) is 0 Å². The van der Waals surface area contributed by atoms with E-state index in [1.807, 2.05) is 0 Å². The zero-order chi connectivity index (χ0) is 19.2. The second-order valence-electron chi connectivity index (χ2n) is 9.56. The molecule has 0 radical (unpaired) electrons. The van der Waals surface area contributed by atoms with Crippen LogP contribution >= 0.6 is 0 Å². The van der Waals surface area contributed by atoms with Gasteiger partial charge in [-0.15, -0.1) is 0 Å². The fraction of sp³-hybridized carbons (Fsp3) is 0.760. The molecule has 0 spiro atoms. The van der Waals surface area contributed by atoms with Crippen molar-refractivity contribution in [3.63, 3.8) is 0 Å². The van der Waals surface area contributed by atoms with Crippen molar-refractivity contribution < 1.29 is 0 Å². The second kappa shape index (κ2) is 10.1. The SMILES string of the molecule is CN(CCCCCC1CCCNC1)c1ccc([C@@H]2CC[C@@H]3CCCCN32)cc1. The fourth-order valence-corrected chi connectivity index (χ4v) is 5.83. The van der Waals surface area contributed by atoms with Crippen LogP contribution < -0.4 is 10.2 Å². The highest BCUT2D eigenvalue weighted by Crippen LogP contribution is 2.40. The Morgan fingerprint density at radius 3 is 2.68 bits per heavy atom. The smallest absolute Gasteiger partial charge is 0.0363 e. The van der Waals surface area contributed by atoms with Gasteiger partial charge < -0.3 is 10.2 Å². The van der Waals surface area contributed by atoms with E-state index in [0.717, 1.165) is 12.0 Å². The molecule has 0 aliphatic carbocycles. The molecule has 0 saturated carbocycles. The number of fused-ring (bicyclic) bond motifs is 1. The van der Waals surface area contributed by atoms with Crippen LogP contribution in [0, 0.1) is 5.92 Å². The first-order valence-corrected chi connectivity index (χ1v) is 12.1. The summed E-state index contributed by atoms with van der Waals surface area (Å²) in [6.45, 7) is 4.98. The van der Waals surface area contributed by atoms with Crippen molar-refractivity contribution in [1.82, 2.24) is 10.2 Å². The lowest BCUT2D eigenvalue weighted by molar-refractivity contribution is 0.150. The lowest BCUT2D eigenvalue weighted by Gasteiger charge is -2.34. The first kappa shape index (κ1) is 20.2. The predicted molar refractivity (Wildman–Crippen MR) is 120 cm³/mol. The summed E-state index contributed by atoms with van der Waals surface area (Å²) in [7, 11) is 2.26. The molecule has 1 aromatic rings. The number of nitrogens with one attached hydrogen (secondary N) is 1. The summed E-state index contributed by atoms with van der Waals surface area (Å²) in [5.41, 5.74) is 2.93. The zero-order valence-corrected chi connectivity index (χ0v) is 18.0. The summed E-state index contributed by atoms with van der Waals surface area (Å²) in [6, 6.07) is 11.1. The van der Waals surface area contributed by atoms with Crippen LogP contribution in [0.5, 0.6) is 0 Å². The molecular weight excluding hydrogens is 342 g/mol. The lowest BCUT2D eigenvalue weighted by atomic mass is 9.93. The highest BCUT2D eigenvalue weighted by molar-refractivity contribution is 5.47. The molecule has 3 aliphatic rings. The molecule has 0 bridgehead atoms. The molecule has 1 aromatic carbocycles. The summed E-state index contributed by atoms with van der Waals surface area (Å²) < 4.78 is 0. The average molecular weight is 384 g/mol. The van der Waals surface area contributed by atoms with Crippen molar-refractivity contribution in [2.24, 2.45) is 5.92 Å². The molecule has 3 fully saturated rings. The minimum atomic E-state index is 0.680. The standard InChI is InChI=1S/C25H41N3/c1-27(18-5-2-3-8-21-9-7-17-26-20-21)23-13-11-22(12-14-23)25-16-15-24-10-4-6-19-28(24)25/h11-14,21,24-26H,2-10,15-20H2,1H3/t21?,24-,25-/m0/s1. The molecule has 1 N–H and O–H groups in total. The van der Waals surface area contributed by atoms with Crippen LogP contribution in [0.1, 0.15) is 82.2 Å². The molecule has 3 saturated heterocycles. The van der Waals surface area contributed by atoms with Crippen LogP contribution in [-0.4, -0.2) is 44.2 Å². The van der Waals surface area contributed by atoms with Gasteiger partial charge in [-0.05, 0) is 94.6 Å². The van der Waals surface area contributed by atoms with Crippen molar-refractivity contribution in [3.8, 4) is 0 Å². The van der Waals surface area contributed by atoms with E-state index in [1.165, 1.54) is 102 Å². The largest absolute Gasteiger partial charge is 0.375 e. The molecule has 28 heavy (non-hydrogen) atoms. The molecule has 156 valence electrons. The third kappa shape index (κ3) is 5.10. The number of piperidine rings is 2. The maximum absolute atomic E-state index is 3.54. The minimum absolute atomic E-state index is 0.680. The maximum atomic E-state index is 3.54. The van der Waals surface area contributed by atoms with Crippen molar-refractivity contribution >= 4 is 5.69 Å². The number of nitrogens with zero attached hydrogens (tertiary/aromatic N) is 2. The molecule has 1 unspecified atom stereocenters. The van der Waals surface area contributed by atoms with Crippen molar-refractivity contribution in [1.29, 1.82) is 0 Å². The third-order valence-electron chi connectivity index (χ3n) is 7.57. The van der Waals surface area contributed by atoms with Gasteiger partial charge in [0.25, 0.3) is 0 Å². The Labute approximate surface area is 172 Å². The van der Waals surface area contributed by atoms with E-state index in [0.29, 0.717) is 6.04 Å². The summed E-state index contributed by atoms with van der Waals surface area (Å²) in [4.78, 5) is 5.24. The highest BCUT2D eigenvalue weighted by atomic mass is 15.2. The van der Waals surface area contributed by atoms with Crippen molar-refractivity contribution in [2.45, 2.75) is 82.7 Å². The number of unbranched alkanes of at least 4 members (excludes halogenated alkanes) is 2. The van der Waals surface area contributed by atoms with E-state index in [-0.39, 0.29) is 0 Å². The highest BCUT2D eigenvalue weighted by Gasteiger charge is 2.35. The van der Waals surface area contributed by atoms with Crippen LogP contribution in [0.2, 0.25) is 0 Å². The van der Waals surface area contributed by atoms with Gasteiger partial charge in [0, 0.05) is 31.4 Å². The normalized spacial score (nSPS) is 28.2. The lowest BCUT2D eigenvalue weighted by Crippen LogP contribution is -2.35. The molecule has 3 aliphatic heterocycles. The number of hydrogen-bond acceptors (Lipinski definition) is 3. The van der Waals surface area contributed by atoms with Crippen LogP contribution in [0.15, 0.2) is 24.3 Å². The molecule has 3 heterocycles. The molecule has 0 amide bonds. The fourth-order valence-electron chi connectivity index (χ4n) is 5.83. The van der Waals surface area contributed by atoms with Gasteiger partial charge in [-0.1, -0.05) is 31.4 Å². The Bertz CT molecular complexity index is 578. The van der Waals surface area contributed by atoms with Gasteiger partial charge in [0.1, 0.15) is 0 Å². The molecular formula is C25H41N3. The summed E-state index contributed by atoms with van der Waals surface area (Å²) >= 11 is 0. The summed E-state index contributed by atoms with van der Waals surface area (Å²) in [5, 5.41) is 3.54. The van der Waals surface area contributed by atoms with E-state index >= 15 is 0 Å². The van der Waals surface area contributed by atoms with Gasteiger partial charge >= 0.3 is 0 Å². The van der Waals surface area contributed by atoms with Gasteiger partial charge in [0.05, 0.1) is 0 Å². The maximum Gasteiger partial charge on any atom is 0.0363 e. The van der Waals surface area contributed by atoms with E-state index < -0.39 is 0 Å². The van der Waals surface area contributed by atoms with Gasteiger partial charge in [0.15, 0.2) is 0 Å².